The van der Waals surface area contributed by atoms with Crippen LogP contribution in [0.2, 0.25) is 0 Å². The molecule has 4 aromatic rings. The van der Waals surface area contributed by atoms with E-state index in [9.17, 15) is 4.79 Å². The van der Waals surface area contributed by atoms with Gasteiger partial charge in [-0.3, -0.25) is 4.98 Å². The van der Waals surface area contributed by atoms with Crippen LogP contribution in [0.5, 0.6) is 0 Å². The molecule has 0 saturated carbocycles. The fourth-order valence-electron chi connectivity index (χ4n) is 3.77. The molecule has 162 valence electrons. The summed E-state index contributed by atoms with van der Waals surface area (Å²) in [5.74, 6) is 0.748. The lowest BCUT2D eigenvalue weighted by Gasteiger charge is -2.10. The summed E-state index contributed by atoms with van der Waals surface area (Å²) in [7, 11) is 1.41. The molecule has 2 heterocycles. The van der Waals surface area contributed by atoms with E-state index >= 15 is 0 Å². The molecule has 0 unspecified atom stereocenters. The van der Waals surface area contributed by atoms with Crippen molar-refractivity contribution in [1.82, 2.24) is 14.5 Å². The van der Waals surface area contributed by atoms with Gasteiger partial charge in [-0.25, -0.2) is 9.78 Å². The van der Waals surface area contributed by atoms with Crippen LogP contribution in [0.4, 0.5) is 0 Å². The van der Waals surface area contributed by atoms with Gasteiger partial charge in [0.25, 0.3) is 0 Å². The van der Waals surface area contributed by atoms with Gasteiger partial charge >= 0.3 is 5.97 Å². The van der Waals surface area contributed by atoms with E-state index in [1.54, 1.807) is 12.3 Å². The summed E-state index contributed by atoms with van der Waals surface area (Å²) < 4.78 is 7.15. The number of methoxy groups -OCH3 is 1. The highest BCUT2D eigenvalue weighted by Gasteiger charge is 2.13. The van der Waals surface area contributed by atoms with E-state index < -0.39 is 0 Å². The zero-order valence-electron chi connectivity index (χ0n) is 18.5. The predicted molar refractivity (Wildman–Crippen MR) is 126 cm³/mol. The van der Waals surface area contributed by atoms with Crippen LogP contribution in [-0.4, -0.2) is 27.6 Å². The minimum Gasteiger partial charge on any atom is -0.465 e. The fourth-order valence-corrected chi connectivity index (χ4v) is 3.77. The van der Waals surface area contributed by atoms with E-state index in [2.05, 4.69) is 46.9 Å². The number of ether oxygens (including phenoxy) is 1. The Bertz CT molecular complexity index is 1180. The third-order valence-electron chi connectivity index (χ3n) is 5.49. The van der Waals surface area contributed by atoms with Crippen molar-refractivity contribution in [2.45, 2.75) is 32.7 Å². The number of aromatic nitrogens is 3. The lowest BCUT2D eigenvalue weighted by molar-refractivity contribution is 0.0601. The number of carbonyl (C=O) groups is 1. The summed E-state index contributed by atoms with van der Waals surface area (Å²) in [5.41, 5.74) is 5.39. The molecule has 4 rings (SSSR count). The molecule has 0 N–H and O–H groups in total. The van der Waals surface area contributed by atoms with Crippen LogP contribution in [0, 0.1) is 0 Å². The Hall–Kier alpha value is -3.73. The van der Waals surface area contributed by atoms with Gasteiger partial charge in [0.2, 0.25) is 0 Å². The molecule has 0 saturated heterocycles. The molecule has 2 aromatic carbocycles. The monoisotopic (exact) mass is 425 g/mol. The molecular weight excluding hydrogens is 398 g/mol. The van der Waals surface area contributed by atoms with Crippen molar-refractivity contribution in [3.05, 3.63) is 96.1 Å². The van der Waals surface area contributed by atoms with Crippen LogP contribution in [0.15, 0.2) is 79.1 Å². The van der Waals surface area contributed by atoms with Gasteiger partial charge < -0.3 is 9.30 Å². The summed E-state index contributed by atoms with van der Waals surface area (Å²) >= 11 is 0. The molecule has 0 aliphatic heterocycles. The predicted octanol–water partition coefficient (Wildman–Crippen LogP) is 5.79. The quantitative estimate of drug-likeness (QED) is 0.335. The highest BCUT2D eigenvalue weighted by molar-refractivity contribution is 5.97. The second-order valence-corrected chi connectivity index (χ2v) is 7.72. The molecule has 2 aromatic heterocycles. The first-order valence-electron chi connectivity index (χ1n) is 10.9. The zero-order valence-corrected chi connectivity index (χ0v) is 18.5. The summed E-state index contributed by atoms with van der Waals surface area (Å²) in [5, 5.41) is 0. The van der Waals surface area contributed by atoms with E-state index in [4.69, 9.17) is 9.72 Å². The van der Waals surface area contributed by atoms with Crippen molar-refractivity contribution in [2.75, 3.05) is 7.11 Å². The average Bonchev–Trinajstić information content (AvgIpc) is 3.25. The molecule has 5 nitrogen and oxygen atoms in total. The highest BCUT2D eigenvalue weighted by atomic mass is 16.5. The van der Waals surface area contributed by atoms with E-state index in [0.29, 0.717) is 5.56 Å². The fraction of sp³-hybridized carbons (Fsp3) is 0.222. The summed E-state index contributed by atoms with van der Waals surface area (Å²) in [6.07, 6.45) is 7.05. The minimum absolute atomic E-state index is 0.328. The average molecular weight is 426 g/mol. The number of unbranched alkanes of at least 4 members (excludes halogenated alkanes) is 1. The second kappa shape index (κ2) is 10.1. The molecule has 32 heavy (non-hydrogen) atoms. The Morgan fingerprint density at radius 3 is 2.47 bits per heavy atom. The van der Waals surface area contributed by atoms with Gasteiger partial charge in [-0.15, -0.1) is 0 Å². The van der Waals surface area contributed by atoms with Crippen molar-refractivity contribution in [3.8, 4) is 22.5 Å². The first kappa shape index (κ1) is 21.5. The SMILES string of the molecule is CCCCc1nc(-c2ccccn2)cn1Cc1ccc(-c2ccccc2C(=O)OC)cc1. The molecule has 0 aliphatic rings. The molecule has 0 fully saturated rings. The number of benzene rings is 2. The maximum absolute atomic E-state index is 12.1. The molecule has 0 bridgehead atoms. The van der Waals surface area contributed by atoms with E-state index in [-0.39, 0.29) is 5.97 Å². The number of carbonyl (C=O) groups excluding carboxylic acids is 1. The van der Waals surface area contributed by atoms with Crippen LogP contribution in [-0.2, 0) is 17.7 Å². The van der Waals surface area contributed by atoms with E-state index in [0.717, 1.165) is 54.1 Å². The van der Waals surface area contributed by atoms with E-state index in [1.807, 2.05) is 36.4 Å². The van der Waals surface area contributed by atoms with Crippen LogP contribution in [0.25, 0.3) is 22.5 Å². The zero-order chi connectivity index (χ0) is 22.3. The van der Waals surface area contributed by atoms with Crippen molar-refractivity contribution >= 4 is 5.97 Å². The number of imidazole rings is 1. The summed E-state index contributed by atoms with van der Waals surface area (Å²) in [6, 6.07) is 21.7. The lowest BCUT2D eigenvalue weighted by Crippen LogP contribution is -2.05. The van der Waals surface area contributed by atoms with Crippen molar-refractivity contribution in [3.63, 3.8) is 0 Å². The summed E-state index contributed by atoms with van der Waals surface area (Å²) in [4.78, 5) is 21.4. The standard InChI is InChI=1S/C27H27N3O2/c1-3-4-12-26-29-25(24-11-7-8-17-28-24)19-30(26)18-20-13-15-21(16-14-20)22-9-5-6-10-23(22)27(31)32-2/h5-11,13-17,19H,3-4,12,18H2,1-2H3. The van der Waals surface area contributed by atoms with Gasteiger partial charge in [-0.05, 0) is 41.3 Å². The first-order chi connectivity index (χ1) is 15.7. The van der Waals surface area contributed by atoms with Gasteiger partial charge in [0, 0.05) is 25.4 Å². The number of hydrogen-bond acceptors (Lipinski definition) is 4. The number of pyridine rings is 1. The first-order valence-corrected chi connectivity index (χ1v) is 10.9. The topological polar surface area (TPSA) is 57.0 Å². The number of hydrogen-bond donors (Lipinski definition) is 0. The number of esters is 1. The van der Waals surface area contributed by atoms with Gasteiger partial charge in [0.05, 0.1) is 18.4 Å². The summed E-state index contributed by atoms with van der Waals surface area (Å²) in [6.45, 7) is 2.93. The molecule has 0 aliphatic carbocycles. The molecule has 0 radical (unpaired) electrons. The Labute approximate surface area is 188 Å². The Kier molecular flexibility index (Phi) is 6.75. The molecule has 0 atom stereocenters. The van der Waals surface area contributed by atoms with Gasteiger partial charge in [-0.1, -0.05) is 61.9 Å². The number of rotatable bonds is 8. The second-order valence-electron chi connectivity index (χ2n) is 7.72. The Morgan fingerprint density at radius 2 is 1.75 bits per heavy atom. The largest absolute Gasteiger partial charge is 0.465 e. The van der Waals surface area contributed by atoms with Gasteiger partial charge in [0.15, 0.2) is 0 Å². The van der Waals surface area contributed by atoms with Gasteiger partial charge in [-0.2, -0.15) is 0 Å². The Morgan fingerprint density at radius 1 is 0.969 bits per heavy atom. The van der Waals surface area contributed by atoms with Crippen molar-refractivity contribution in [2.24, 2.45) is 0 Å². The normalized spacial score (nSPS) is 10.8. The lowest BCUT2D eigenvalue weighted by atomic mass is 9.98. The van der Waals surface area contributed by atoms with Crippen LogP contribution in [0.3, 0.4) is 0 Å². The van der Waals surface area contributed by atoms with Crippen LogP contribution < -0.4 is 0 Å². The molecular formula is C27H27N3O2. The molecule has 5 heteroatoms. The molecule has 0 spiro atoms. The van der Waals surface area contributed by atoms with Crippen molar-refractivity contribution in [1.29, 1.82) is 0 Å². The van der Waals surface area contributed by atoms with Gasteiger partial charge in [0.1, 0.15) is 11.5 Å². The third-order valence-corrected chi connectivity index (χ3v) is 5.49. The maximum atomic E-state index is 12.1. The van der Waals surface area contributed by atoms with Crippen molar-refractivity contribution < 1.29 is 9.53 Å². The third kappa shape index (κ3) is 4.78. The number of aryl methyl sites for hydroxylation is 1. The number of nitrogens with zero attached hydrogens (tertiary/aromatic N) is 3. The minimum atomic E-state index is -0.328. The Balaban J connectivity index is 1.60. The molecule has 0 amide bonds. The smallest absolute Gasteiger partial charge is 0.338 e. The van der Waals surface area contributed by atoms with Crippen LogP contribution >= 0.6 is 0 Å². The van der Waals surface area contributed by atoms with E-state index in [1.165, 1.54) is 12.7 Å². The highest BCUT2D eigenvalue weighted by Crippen LogP contribution is 2.25. The maximum Gasteiger partial charge on any atom is 0.338 e. The van der Waals surface area contributed by atoms with Crippen LogP contribution in [0.1, 0.15) is 41.5 Å².